The predicted molar refractivity (Wildman–Crippen MR) is 110 cm³/mol. The molecule has 0 atom stereocenters. The van der Waals surface area contributed by atoms with Gasteiger partial charge in [-0.25, -0.2) is 22.9 Å². The third kappa shape index (κ3) is 4.95. The summed E-state index contributed by atoms with van der Waals surface area (Å²) in [5.74, 6) is -4.84. The van der Waals surface area contributed by atoms with E-state index in [2.05, 4.69) is 15.9 Å². The van der Waals surface area contributed by atoms with Crippen LogP contribution < -0.4 is 20.7 Å². The highest BCUT2D eigenvalue weighted by atomic mass is 79.9. The van der Waals surface area contributed by atoms with Gasteiger partial charge in [0.15, 0.2) is 18.2 Å². The van der Waals surface area contributed by atoms with Crippen LogP contribution in [0.15, 0.2) is 50.5 Å². The van der Waals surface area contributed by atoms with Crippen LogP contribution in [0, 0.1) is 11.6 Å². The van der Waals surface area contributed by atoms with Crippen LogP contribution in [0.5, 0.6) is 17.2 Å². The average molecular weight is 551 g/mol. The molecule has 34 heavy (non-hydrogen) atoms. The molecule has 2 aromatic carbocycles. The number of hydrogen-bond donors (Lipinski definition) is 1. The Morgan fingerprint density at radius 2 is 1.76 bits per heavy atom. The maximum atomic E-state index is 14.7. The van der Waals surface area contributed by atoms with E-state index in [1.165, 1.54) is 12.1 Å². The standard InChI is InChI=1S/C20H12BrF5N2O6/c1-27-15(20(24,25)26)7-16(29)28(19(27)32)12-6-14(9(21)5-11(12)23)34-18-10(22)3-2-4-13(18)33-8-17(30)31/h2-7H,8H2,1H3,(H,30,31). The van der Waals surface area contributed by atoms with Gasteiger partial charge in [0, 0.05) is 19.2 Å². The van der Waals surface area contributed by atoms with Crippen LogP contribution in [0.4, 0.5) is 22.0 Å². The average Bonchev–Trinajstić information content (AvgIpc) is 2.73. The van der Waals surface area contributed by atoms with Gasteiger partial charge in [0.05, 0.1) is 10.2 Å². The Balaban J connectivity index is 2.15. The summed E-state index contributed by atoms with van der Waals surface area (Å²) < 4.78 is 78.8. The number of carboxylic acid groups (broad SMARTS) is 1. The highest BCUT2D eigenvalue weighted by Crippen LogP contribution is 2.38. The number of nitrogens with zero attached hydrogens (tertiary/aromatic N) is 2. The van der Waals surface area contributed by atoms with Crippen molar-refractivity contribution in [2.45, 2.75) is 6.18 Å². The van der Waals surface area contributed by atoms with E-state index in [-0.39, 0.29) is 31.2 Å². The van der Waals surface area contributed by atoms with Crippen molar-refractivity contribution in [3.8, 4) is 22.9 Å². The van der Waals surface area contributed by atoms with E-state index in [4.69, 9.17) is 14.6 Å². The summed E-state index contributed by atoms with van der Waals surface area (Å²) in [4.78, 5) is 35.6. The Morgan fingerprint density at radius 3 is 2.38 bits per heavy atom. The Kier molecular flexibility index (Phi) is 6.82. The van der Waals surface area contributed by atoms with Crippen molar-refractivity contribution in [3.63, 3.8) is 0 Å². The molecule has 1 heterocycles. The molecule has 0 aliphatic rings. The van der Waals surface area contributed by atoms with Crippen molar-refractivity contribution in [2.24, 2.45) is 7.05 Å². The van der Waals surface area contributed by atoms with Crippen molar-refractivity contribution < 1.29 is 41.3 Å². The molecule has 0 saturated heterocycles. The lowest BCUT2D eigenvalue weighted by Crippen LogP contribution is -2.41. The molecule has 0 unspecified atom stereocenters. The van der Waals surface area contributed by atoms with Crippen molar-refractivity contribution in [1.29, 1.82) is 0 Å². The summed E-state index contributed by atoms with van der Waals surface area (Å²) in [5, 5.41) is 8.76. The molecule has 1 aromatic heterocycles. The highest BCUT2D eigenvalue weighted by Gasteiger charge is 2.35. The Hall–Kier alpha value is -3.68. The minimum atomic E-state index is -5.02. The lowest BCUT2D eigenvalue weighted by atomic mass is 10.2. The van der Waals surface area contributed by atoms with Crippen molar-refractivity contribution in [2.75, 3.05) is 6.61 Å². The predicted octanol–water partition coefficient (Wildman–Crippen LogP) is 3.85. The van der Waals surface area contributed by atoms with Crippen LogP contribution in [0.25, 0.3) is 5.69 Å². The summed E-state index contributed by atoms with van der Waals surface area (Å²) >= 11 is 2.97. The number of carbonyl (C=O) groups is 1. The molecule has 3 aromatic rings. The molecule has 0 saturated carbocycles. The van der Waals surface area contributed by atoms with E-state index in [1.807, 2.05) is 0 Å². The summed E-state index contributed by atoms with van der Waals surface area (Å²) in [6.45, 7) is -0.841. The van der Waals surface area contributed by atoms with Gasteiger partial charge in [-0.3, -0.25) is 9.36 Å². The van der Waals surface area contributed by atoms with Crippen LogP contribution in [0.2, 0.25) is 0 Å². The van der Waals surface area contributed by atoms with Gasteiger partial charge in [0.25, 0.3) is 5.56 Å². The molecular formula is C20H12BrF5N2O6. The first-order valence-electron chi connectivity index (χ1n) is 9.02. The van der Waals surface area contributed by atoms with E-state index >= 15 is 0 Å². The van der Waals surface area contributed by atoms with E-state index in [0.29, 0.717) is 0 Å². The summed E-state index contributed by atoms with van der Waals surface area (Å²) in [6.07, 6.45) is -5.02. The van der Waals surface area contributed by atoms with Crippen LogP contribution in [-0.4, -0.2) is 26.8 Å². The fourth-order valence-corrected chi connectivity index (χ4v) is 3.23. The smallest absolute Gasteiger partial charge is 0.431 e. The van der Waals surface area contributed by atoms with Crippen LogP contribution in [0.3, 0.4) is 0 Å². The quantitative estimate of drug-likeness (QED) is 0.468. The van der Waals surface area contributed by atoms with Gasteiger partial charge < -0.3 is 14.6 Å². The monoisotopic (exact) mass is 550 g/mol. The SMILES string of the molecule is Cn1c(C(F)(F)F)cc(=O)n(-c2cc(Oc3c(F)cccc3OCC(=O)O)c(Br)cc2F)c1=O. The number of halogens is 6. The highest BCUT2D eigenvalue weighted by molar-refractivity contribution is 9.10. The summed E-state index contributed by atoms with van der Waals surface area (Å²) in [5.41, 5.74) is -5.29. The summed E-state index contributed by atoms with van der Waals surface area (Å²) in [7, 11) is 0.751. The zero-order chi connectivity index (χ0) is 25.4. The minimum absolute atomic E-state index is 0.123. The van der Waals surface area contributed by atoms with Gasteiger partial charge in [-0.1, -0.05) is 6.07 Å². The minimum Gasteiger partial charge on any atom is -0.479 e. The van der Waals surface area contributed by atoms with Crippen LogP contribution >= 0.6 is 15.9 Å². The molecule has 0 fully saturated rings. The molecule has 14 heteroatoms. The number of para-hydroxylation sites is 1. The van der Waals surface area contributed by atoms with E-state index in [9.17, 15) is 36.3 Å². The van der Waals surface area contributed by atoms with Crippen molar-refractivity contribution >= 4 is 21.9 Å². The van der Waals surface area contributed by atoms with Crippen LogP contribution in [0.1, 0.15) is 5.69 Å². The van der Waals surface area contributed by atoms with Crippen molar-refractivity contribution in [1.82, 2.24) is 9.13 Å². The molecule has 1 N–H and O–H groups in total. The van der Waals surface area contributed by atoms with Gasteiger partial charge in [-0.2, -0.15) is 13.2 Å². The Bertz CT molecular complexity index is 1400. The number of aromatic nitrogens is 2. The molecule has 180 valence electrons. The van der Waals surface area contributed by atoms with Gasteiger partial charge in [0.2, 0.25) is 5.75 Å². The zero-order valence-corrected chi connectivity index (χ0v) is 18.4. The van der Waals surface area contributed by atoms with Crippen molar-refractivity contribution in [3.05, 3.63) is 79.0 Å². The maximum absolute atomic E-state index is 14.7. The van der Waals surface area contributed by atoms with E-state index < -0.39 is 58.8 Å². The lowest BCUT2D eigenvalue weighted by molar-refractivity contribution is -0.144. The fraction of sp³-hybridized carbons (Fsp3) is 0.150. The van der Waals surface area contributed by atoms with E-state index in [1.54, 1.807) is 0 Å². The normalized spacial score (nSPS) is 11.4. The molecule has 0 aliphatic heterocycles. The third-order valence-corrected chi connectivity index (χ3v) is 4.97. The summed E-state index contributed by atoms with van der Waals surface area (Å²) in [6, 6.07) is 5.00. The number of aliphatic carboxylic acids is 1. The molecule has 0 amide bonds. The molecule has 0 aliphatic carbocycles. The molecule has 8 nitrogen and oxygen atoms in total. The second kappa shape index (κ2) is 9.29. The molecular weight excluding hydrogens is 539 g/mol. The second-order valence-electron chi connectivity index (χ2n) is 6.63. The first-order chi connectivity index (χ1) is 15.8. The number of rotatable bonds is 6. The third-order valence-electron chi connectivity index (χ3n) is 4.35. The number of alkyl halides is 3. The first kappa shape index (κ1) is 25.0. The maximum Gasteiger partial charge on any atom is 0.431 e. The molecule has 0 spiro atoms. The molecule has 0 radical (unpaired) electrons. The van der Waals surface area contributed by atoms with Gasteiger partial charge in [-0.15, -0.1) is 0 Å². The van der Waals surface area contributed by atoms with Gasteiger partial charge >= 0.3 is 17.8 Å². The van der Waals surface area contributed by atoms with Gasteiger partial charge in [-0.05, 0) is 34.1 Å². The lowest BCUT2D eigenvalue weighted by Gasteiger charge is -2.16. The van der Waals surface area contributed by atoms with E-state index in [0.717, 1.165) is 25.2 Å². The Morgan fingerprint density at radius 1 is 1.09 bits per heavy atom. The molecule has 0 bridgehead atoms. The number of hydrogen-bond acceptors (Lipinski definition) is 5. The van der Waals surface area contributed by atoms with Gasteiger partial charge in [0.1, 0.15) is 17.3 Å². The number of benzene rings is 2. The second-order valence-corrected chi connectivity index (χ2v) is 7.48. The number of carboxylic acids is 1. The van der Waals surface area contributed by atoms with Crippen LogP contribution in [-0.2, 0) is 18.0 Å². The molecule has 3 rings (SSSR count). The largest absolute Gasteiger partial charge is 0.479 e. The zero-order valence-electron chi connectivity index (χ0n) is 16.8. The topological polar surface area (TPSA) is 99.8 Å². The fourth-order valence-electron chi connectivity index (χ4n) is 2.84. The first-order valence-corrected chi connectivity index (χ1v) is 9.81. The number of ether oxygens (including phenoxy) is 2. The Labute approximate surface area is 194 Å².